The third-order valence-electron chi connectivity index (χ3n) is 6.39. The Labute approximate surface area is 204 Å². The molecule has 1 saturated carbocycles. The standard InChI is InChI=1S/C25H28N4O5S/c1-2-33-22-6-4-3-5-21(22)26-24(30)18-13-15-29(16-14-18)35(31,32)20-11-9-17(10-12-20)23-27-25(34-28-23)19-7-8-19/h3-6,9-12,18-19H,2,7-8,13-16H2,1H3,(H,26,30). The number of rotatable bonds is 8. The molecule has 3 aromatic rings. The highest BCUT2D eigenvalue weighted by molar-refractivity contribution is 7.89. The van der Waals surface area contributed by atoms with Crippen LogP contribution in [-0.2, 0) is 14.8 Å². The molecule has 184 valence electrons. The van der Waals surface area contributed by atoms with Crippen molar-refractivity contribution in [1.82, 2.24) is 14.4 Å². The quantitative estimate of drug-likeness (QED) is 0.500. The summed E-state index contributed by atoms with van der Waals surface area (Å²) in [6, 6.07) is 13.8. The lowest BCUT2D eigenvalue weighted by atomic mass is 9.97. The number of sulfonamides is 1. The molecule has 0 spiro atoms. The Morgan fingerprint density at radius 2 is 1.80 bits per heavy atom. The Morgan fingerprint density at radius 1 is 1.09 bits per heavy atom. The van der Waals surface area contributed by atoms with E-state index in [0.29, 0.717) is 54.1 Å². The molecule has 1 saturated heterocycles. The Bertz CT molecular complexity index is 1290. The molecule has 0 unspecified atom stereocenters. The van der Waals surface area contributed by atoms with E-state index in [1.54, 1.807) is 30.3 Å². The fourth-order valence-electron chi connectivity index (χ4n) is 4.22. The summed E-state index contributed by atoms with van der Waals surface area (Å²) in [7, 11) is -3.66. The first-order valence-corrected chi connectivity index (χ1v) is 13.4. The van der Waals surface area contributed by atoms with Gasteiger partial charge in [0.05, 0.1) is 17.2 Å². The summed E-state index contributed by atoms with van der Waals surface area (Å²) in [4.78, 5) is 17.4. The van der Waals surface area contributed by atoms with Gasteiger partial charge in [0.15, 0.2) is 0 Å². The number of aromatic nitrogens is 2. The minimum Gasteiger partial charge on any atom is -0.492 e. The first kappa shape index (κ1) is 23.5. The van der Waals surface area contributed by atoms with Crippen molar-refractivity contribution in [2.24, 2.45) is 5.92 Å². The van der Waals surface area contributed by atoms with Gasteiger partial charge < -0.3 is 14.6 Å². The van der Waals surface area contributed by atoms with Crippen molar-refractivity contribution in [3.05, 3.63) is 54.4 Å². The van der Waals surface area contributed by atoms with Gasteiger partial charge >= 0.3 is 0 Å². The molecule has 10 heteroatoms. The molecule has 1 amide bonds. The maximum atomic E-state index is 13.2. The predicted octanol–water partition coefficient (Wildman–Crippen LogP) is 4.05. The molecular formula is C25H28N4O5S. The van der Waals surface area contributed by atoms with Crippen molar-refractivity contribution in [2.75, 3.05) is 25.0 Å². The summed E-state index contributed by atoms with van der Waals surface area (Å²) in [5, 5.41) is 6.94. The molecule has 0 radical (unpaired) electrons. The number of amides is 1. The lowest BCUT2D eigenvalue weighted by Crippen LogP contribution is -2.41. The number of nitrogens with one attached hydrogen (secondary N) is 1. The maximum Gasteiger partial charge on any atom is 0.243 e. The zero-order valence-electron chi connectivity index (χ0n) is 19.5. The van der Waals surface area contributed by atoms with Crippen LogP contribution in [0.25, 0.3) is 11.4 Å². The van der Waals surface area contributed by atoms with Crippen molar-refractivity contribution in [2.45, 2.75) is 43.4 Å². The van der Waals surface area contributed by atoms with Gasteiger partial charge in [-0.05, 0) is 69.0 Å². The highest BCUT2D eigenvalue weighted by Gasteiger charge is 2.33. The molecule has 2 aliphatic rings. The van der Waals surface area contributed by atoms with Crippen molar-refractivity contribution >= 4 is 21.6 Å². The summed E-state index contributed by atoms with van der Waals surface area (Å²) in [6.45, 7) is 2.95. The Morgan fingerprint density at radius 3 is 2.49 bits per heavy atom. The summed E-state index contributed by atoms with van der Waals surface area (Å²) >= 11 is 0. The van der Waals surface area contributed by atoms with E-state index in [9.17, 15) is 13.2 Å². The van der Waals surface area contributed by atoms with Crippen LogP contribution in [0.3, 0.4) is 0 Å². The Hall–Kier alpha value is -3.24. The minimum absolute atomic E-state index is 0.121. The van der Waals surface area contributed by atoms with Crippen LogP contribution in [0.2, 0.25) is 0 Å². The number of para-hydroxylation sites is 2. The summed E-state index contributed by atoms with van der Waals surface area (Å²) in [6.07, 6.45) is 3.04. The average Bonchev–Trinajstić information content (AvgIpc) is 3.62. The SMILES string of the molecule is CCOc1ccccc1NC(=O)C1CCN(S(=O)(=O)c2ccc(-c3noc(C4CC4)n3)cc2)CC1. The number of hydrogen-bond acceptors (Lipinski definition) is 7. The molecule has 5 rings (SSSR count). The number of carbonyl (C=O) groups excluding carboxylic acids is 1. The molecule has 35 heavy (non-hydrogen) atoms. The number of nitrogens with zero attached hydrogens (tertiary/aromatic N) is 3. The number of ether oxygens (including phenoxy) is 1. The zero-order valence-corrected chi connectivity index (χ0v) is 20.3. The Balaban J connectivity index is 1.20. The van der Waals surface area contributed by atoms with E-state index in [-0.39, 0.29) is 29.8 Å². The molecule has 1 N–H and O–H groups in total. The van der Waals surface area contributed by atoms with E-state index >= 15 is 0 Å². The molecule has 9 nitrogen and oxygen atoms in total. The highest BCUT2D eigenvalue weighted by Crippen LogP contribution is 2.39. The van der Waals surface area contributed by atoms with Crippen LogP contribution in [0.1, 0.15) is 44.4 Å². The van der Waals surface area contributed by atoms with E-state index in [2.05, 4.69) is 15.5 Å². The number of piperidine rings is 1. The number of anilines is 1. The van der Waals surface area contributed by atoms with Gasteiger partial charge in [0, 0.05) is 30.5 Å². The molecule has 0 bridgehead atoms. The summed E-state index contributed by atoms with van der Waals surface area (Å²) < 4.78 is 38.7. The van der Waals surface area contributed by atoms with E-state index in [1.165, 1.54) is 4.31 Å². The second-order valence-electron chi connectivity index (χ2n) is 8.85. The topological polar surface area (TPSA) is 115 Å². The van der Waals surface area contributed by atoms with E-state index in [1.807, 2.05) is 25.1 Å². The Kier molecular flexibility index (Phi) is 6.57. The van der Waals surface area contributed by atoms with Gasteiger partial charge in [-0.3, -0.25) is 4.79 Å². The van der Waals surface area contributed by atoms with E-state index in [4.69, 9.17) is 9.26 Å². The molecule has 2 heterocycles. The van der Waals surface area contributed by atoms with Crippen molar-refractivity contribution < 1.29 is 22.5 Å². The van der Waals surface area contributed by atoms with Crippen molar-refractivity contribution in [3.8, 4) is 17.1 Å². The third kappa shape index (κ3) is 5.08. The lowest BCUT2D eigenvalue weighted by molar-refractivity contribution is -0.120. The van der Waals surface area contributed by atoms with Gasteiger partial charge in [0.1, 0.15) is 5.75 Å². The van der Waals surface area contributed by atoms with Gasteiger partial charge in [-0.1, -0.05) is 17.3 Å². The summed E-state index contributed by atoms with van der Waals surface area (Å²) in [5.41, 5.74) is 1.34. The van der Waals surface area contributed by atoms with Crippen molar-refractivity contribution in [3.63, 3.8) is 0 Å². The monoisotopic (exact) mass is 496 g/mol. The van der Waals surface area contributed by atoms with E-state index in [0.717, 1.165) is 12.8 Å². The maximum absolute atomic E-state index is 13.2. The molecule has 1 aliphatic heterocycles. The predicted molar refractivity (Wildman–Crippen MR) is 129 cm³/mol. The van der Waals surface area contributed by atoms with Crippen LogP contribution in [-0.4, -0.2) is 48.5 Å². The smallest absolute Gasteiger partial charge is 0.243 e. The van der Waals surface area contributed by atoms with Gasteiger partial charge in [-0.2, -0.15) is 9.29 Å². The van der Waals surface area contributed by atoms with Gasteiger partial charge in [0.2, 0.25) is 27.6 Å². The first-order chi connectivity index (χ1) is 17.0. The normalized spacial score (nSPS) is 17.3. The summed E-state index contributed by atoms with van der Waals surface area (Å²) in [5.74, 6) is 1.71. The third-order valence-corrected chi connectivity index (χ3v) is 8.30. The second kappa shape index (κ2) is 9.79. The lowest BCUT2D eigenvalue weighted by Gasteiger charge is -2.30. The second-order valence-corrected chi connectivity index (χ2v) is 10.8. The van der Waals surface area contributed by atoms with Crippen LogP contribution < -0.4 is 10.1 Å². The van der Waals surface area contributed by atoms with Gasteiger partial charge in [0.25, 0.3) is 0 Å². The number of hydrogen-bond donors (Lipinski definition) is 1. The van der Waals surface area contributed by atoms with Crippen LogP contribution in [0, 0.1) is 5.92 Å². The molecular weight excluding hydrogens is 468 g/mol. The number of carbonyl (C=O) groups is 1. The van der Waals surface area contributed by atoms with Crippen LogP contribution in [0.15, 0.2) is 57.9 Å². The zero-order chi connectivity index (χ0) is 24.4. The average molecular weight is 497 g/mol. The molecule has 1 aromatic heterocycles. The minimum atomic E-state index is -3.66. The molecule has 1 aliphatic carbocycles. The van der Waals surface area contributed by atoms with Crippen LogP contribution in [0.5, 0.6) is 5.75 Å². The fourth-order valence-corrected chi connectivity index (χ4v) is 5.69. The van der Waals surface area contributed by atoms with Crippen molar-refractivity contribution in [1.29, 1.82) is 0 Å². The molecule has 2 fully saturated rings. The molecule has 0 atom stereocenters. The fraction of sp³-hybridized carbons (Fsp3) is 0.400. The largest absolute Gasteiger partial charge is 0.492 e. The first-order valence-electron chi connectivity index (χ1n) is 11.9. The molecule has 2 aromatic carbocycles. The van der Waals surface area contributed by atoms with Crippen LogP contribution in [0.4, 0.5) is 5.69 Å². The van der Waals surface area contributed by atoms with Gasteiger partial charge in [-0.15, -0.1) is 0 Å². The van der Waals surface area contributed by atoms with Gasteiger partial charge in [-0.25, -0.2) is 8.42 Å². The number of benzene rings is 2. The highest BCUT2D eigenvalue weighted by atomic mass is 32.2. The van der Waals surface area contributed by atoms with E-state index < -0.39 is 10.0 Å². The van der Waals surface area contributed by atoms with Crippen LogP contribution >= 0.6 is 0 Å².